The number of nitrogens with zero attached hydrogens (tertiary/aromatic N) is 2. The van der Waals surface area contributed by atoms with Crippen LogP contribution in [-0.2, 0) is 0 Å². The van der Waals surface area contributed by atoms with Gasteiger partial charge in [-0.05, 0) is 30.3 Å². The van der Waals surface area contributed by atoms with Gasteiger partial charge in [0.1, 0.15) is 11.5 Å². The Morgan fingerprint density at radius 2 is 1.62 bits per heavy atom. The molecule has 0 saturated carbocycles. The minimum absolute atomic E-state index is 0.259. The fourth-order valence-electron chi connectivity index (χ4n) is 3.82. The highest BCUT2D eigenvalue weighted by molar-refractivity contribution is 6.30. The Hall–Kier alpha value is -3.44. The van der Waals surface area contributed by atoms with Gasteiger partial charge in [-0.3, -0.25) is 14.8 Å². The highest BCUT2D eigenvalue weighted by Crippen LogP contribution is 2.45. The van der Waals surface area contributed by atoms with Crippen molar-refractivity contribution in [3.05, 3.63) is 107 Å². The van der Waals surface area contributed by atoms with E-state index in [-0.39, 0.29) is 11.7 Å². The molecule has 4 nitrogen and oxygen atoms in total. The van der Waals surface area contributed by atoms with Gasteiger partial charge in [0.05, 0.1) is 11.7 Å². The number of aromatic nitrogens is 2. The van der Waals surface area contributed by atoms with Gasteiger partial charge in [0.25, 0.3) is 5.91 Å². The topological polar surface area (TPSA) is 49.0 Å². The zero-order valence-corrected chi connectivity index (χ0v) is 15.9. The van der Waals surface area contributed by atoms with Crippen molar-refractivity contribution in [2.75, 3.05) is 4.90 Å². The zero-order valence-electron chi connectivity index (χ0n) is 15.1. The molecule has 1 aliphatic heterocycles. The van der Waals surface area contributed by atoms with E-state index in [0.29, 0.717) is 33.2 Å². The molecule has 1 unspecified atom stereocenters. The summed E-state index contributed by atoms with van der Waals surface area (Å²) in [7, 11) is 0. The van der Waals surface area contributed by atoms with Crippen LogP contribution in [0.5, 0.6) is 0 Å². The number of hydrogen-bond donors (Lipinski definition) is 1. The molecule has 1 N–H and O–H groups in total. The van der Waals surface area contributed by atoms with Crippen LogP contribution in [0.3, 0.4) is 0 Å². The Bertz CT molecular complexity index is 1200. The van der Waals surface area contributed by atoms with Gasteiger partial charge in [0, 0.05) is 27.4 Å². The van der Waals surface area contributed by atoms with Crippen LogP contribution in [0.4, 0.5) is 10.1 Å². The Balaban J connectivity index is 1.75. The molecule has 3 aromatic carbocycles. The molecule has 1 atom stereocenters. The van der Waals surface area contributed by atoms with E-state index < -0.39 is 6.04 Å². The Morgan fingerprint density at radius 1 is 0.931 bits per heavy atom. The van der Waals surface area contributed by atoms with E-state index in [1.165, 1.54) is 6.07 Å². The number of fused-ring (bicyclic) bond motifs is 1. The first-order valence-electron chi connectivity index (χ1n) is 9.12. The number of carbonyl (C=O) groups excluding carboxylic acids is 1. The molecule has 0 bridgehead atoms. The third-order valence-electron chi connectivity index (χ3n) is 5.12. The second-order valence-electron chi connectivity index (χ2n) is 6.80. The van der Waals surface area contributed by atoms with E-state index in [0.717, 1.165) is 5.56 Å². The molecule has 1 amide bonds. The minimum atomic E-state index is -0.645. The van der Waals surface area contributed by atoms with Crippen molar-refractivity contribution in [3.63, 3.8) is 0 Å². The highest BCUT2D eigenvalue weighted by atomic mass is 35.5. The molecule has 0 aliphatic carbocycles. The predicted molar refractivity (Wildman–Crippen MR) is 111 cm³/mol. The van der Waals surface area contributed by atoms with Crippen molar-refractivity contribution in [1.82, 2.24) is 10.2 Å². The summed E-state index contributed by atoms with van der Waals surface area (Å²) in [4.78, 5) is 14.9. The fourth-order valence-corrected chi connectivity index (χ4v) is 3.95. The van der Waals surface area contributed by atoms with Crippen LogP contribution in [0, 0.1) is 5.82 Å². The molecule has 142 valence electrons. The minimum Gasteiger partial charge on any atom is -0.295 e. The molecule has 1 aliphatic rings. The number of hydrogen-bond acceptors (Lipinski definition) is 2. The first kappa shape index (κ1) is 17.6. The van der Waals surface area contributed by atoms with Gasteiger partial charge in [0.2, 0.25) is 0 Å². The number of anilines is 1. The number of benzene rings is 3. The molecular weight excluding hydrogens is 389 g/mol. The maximum atomic E-state index is 14.9. The molecule has 0 spiro atoms. The Kier molecular flexibility index (Phi) is 4.18. The van der Waals surface area contributed by atoms with E-state index in [1.54, 1.807) is 47.4 Å². The highest BCUT2D eigenvalue weighted by Gasteiger charge is 2.43. The van der Waals surface area contributed by atoms with E-state index in [9.17, 15) is 9.18 Å². The summed E-state index contributed by atoms with van der Waals surface area (Å²) in [6, 6.07) is 22.4. The largest absolute Gasteiger partial charge is 0.295 e. The van der Waals surface area contributed by atoms with Crippen molar-refractivity contribution in [2.24, 2.45) is 0 Å². The lowest BCUT2D eigenvalue weighted by Crippen LogP contribution is -2.29. The van der Waals surface area contributed by atoms with E-state index in [2.05, 4.69) is 10.2 Å². The molecule has 0 saturated heterocycles. The van der Waals surface area contributed by atoms with E-state index in [1.807, 2.05) is 30.3 Å². The van der Waals surface area contributed by atoms with Crippen LogP contribution in [0.15, 0.2) is 78.9 Å². The van der Waals surface area contributed by atoms with Gasteiger partial charge in [-0.2, -0.15) is 5.10 Å². The van der Waals surface area contributed by atoms with Gasteiger partial charge in [-0.25, -0.2) is 4.39 Å². The number of H-pyrrole nitrogens is 1. The predicted octanol–water partition coefficient (Wildman–Crippen LogP) is 5.62. The first-order chi connectivity index (χ1) is 14.1. The molecule has 5 rings (SSSR count). The molecule has 0 radical (unpaired) electrons. The summed E-state index contributed by atoms with van der Waals surface area (Å²) < 4.78 is 14.9. The summed E-state index contributed by atoms with van der Waals surface area (Å²) in [5, 5.41) is 7.83. The molecule has 2 heterocycles. The lowest BCUT2D eigenvalue weighted by molar-refractivity contribution is 0.0988. The second kappa shape index (κ2) is 6.87. The summed E-state index contributed by atoms with van der Waals surface area (Å²) in [5.41, 5.74) is 3.58. The van der Waals surface area contributed by atoms with Gasteiger partial charge in [0.15, 0.2) is 0 Å². The van der Waals surface area contributed by atoms with Crippen LogP contribution < -0.4 is 4.90 Å². The van der Waals surface area contributed by atoms with Gasteiger partial charge < -0.3 is 0 Å². The van der Waals surface area contributed by atoms with Crippen molar-refractivity contribution < 1.29 is 9.18 Å². The summed E-state index contributed by atoms with van der Waals surface area (Å²) >= 11 is 6.03. The van der Waals surface area contributed by atoms with Crippen LogP contribution in [-0.4, -0.2) is 16.1 Å². The van der Waals surface area contributed by atoms with Crippen LogP contribution >= 0.6 is 11.6 Å². The van der Waals surface area contributed by atoms with Crippen LogP contribution in [0.25, 0.3) is 11.3 Å². The van der Waals surface area contributed by atoms with Gasteiger partial charge >= 0.3 is 0 Å². The molecular formula is C23H15ClFN3O. The molecule has 29 heavy (non-hydrogen) atoms. The molecule has 6 heteroatoms. The van der Waals surface area contributed by atoms with Crippen molar-refractivity contribution in [2.45, 2.75) is 6.04 Å². The summed E-state index contributed by atoms with van der Waals surface area (Å²) in [5.74, 6) is -0.636. The number of amides is 1. The van der Waals surface area contributed by atoms with Gasteiger partial charge in [-0.1, -0.05) is 60.1 Å². The fraction of sp³-hybridized carbons (Fsp3) is 0.0435. The lowest BCUT2D eigenvalue weighted by atomic mass is 9.95. The maximum absolute atomic E-state index is 14.9. The number of aromatic amines is 1. The summed E-state index contributed by atoms with van der Waals surface area (Å²) in [6.45, 7) is 0. The van der Waals surface area contributed by atoms with Crippen molar-refractivity contribution >= 4 is 23.2 Å². The van der Waals surface area contributed by atoms with Gasteiger partial charge in [-0.15, -0.1) is 0 Å². The molecule has 1 aromatic heterocycles. The van der Waals surface area contributed by atoms with E-state index in [4.69, 9.17) is 11.6 Å². The summed E-state index contributed by atoms with van der Waals surface area (Å²) in [6.07, 6.45) is 0. The number of rotatable bonds is 3. The standard InChI is InChI=1S/C23H15ClFN3O/c24-15-10-12-16(13-11-15)28-22(17-8-4-5-9-18(17)25)19-20(14-6-2-1-3-7-14)26-27-21(19)23(28)29/h1-13,22H,(H,26,27). The first-order valence-corrected chi connectivity index (χ1v) is 9.50. The smallest absolute Gasteiger partial charge is 0.277 e. The Morgan fingerprint density at radius 3 is 2.34 bits per heavy atom. The third-order valence-corrected chi connectivity index (χ3v) is 5.37. The average molecular weight is 404 g/mol. The van der Waals surface area contributed by atoms with Crippen molar-refractivity contribution in [1.29, 1.82) is 0 Å². The second-order valence-corrected chi connectivity index (χ2v) is 7.24. The van der Waals surface area contributed by atoms with Crippen LogP contribution in [0.2, 0.25) is 5.02 Å². The Labute approximate surface area is 171 Å². The number of carbonyl (C=O) groups is 1. The lowest BCUT2D eigenvalue weighted by Gasteiger charge is -2.26. The van der Waals surface area contributed by atoms with Crippen molar-refractivity contribution in [3.8, 4) is 11.3 Å². The number of halogens is 2. The molecule has 4 aromatic rings. The monoisotopic (exact) mass is 403 g/mol. The zero-order chi connectivity index (χ0) is 20.0. The molecule has 0 fully saturated rings. The van der Waals surface area contributed by atoms with E-state index >= 15 is 0 Å². The maximum Gasteiger partial charge on any atom is 0.277 e. The van der Waals surface area contributed by atoms with Crippen LogP contribution in [0.1, 0.15) is 27.7 Å². The number of nitrogens with one attached hydrogen (secondary N) is 1. The average Bonchev–Trinajstić information content (AvgIpc) is 3.29. The quantitative estimate of drug-likeness (QED) is 0.482. The normalized spacial score (nSPS) is 15.6. The SMILES string of the molecule is O=C1c2[nH]nc(-c3ccccc3)c2C(c2ccccc2F)N1c1ccc(Cl)cc1. The third kappa shape index (κ3) is 2.82.